The highest BCUT2D eigenvalue weighted by molar-refractivity contribution is 5.75. The van der Waals surface area contributed by atoms with E-state index in [1.807, 2.05) is 0 Å². The highest BCUT2D eigenvalue weighted by Gasteiger charge is 2.47. The van der Waals surface area contributed by atoms with Crippen molar-refractivity contribution in [2.75, 3.05) is 27.1 Å². The molecule has 0 aromatic carbocycles. The Balaban J connectivity index is 4.14. The van der Waals surface area contributed by atoms with Gasteiger partial charge in [-0.25, -0.2) is 4.79 Å². The molecular weight excluding hydrogens is 341 g/mol. The van der Waals surface area contributed by atoms with Gasteiger partial charge in [-0.05, 0) is 19.8 Å². The van der Waals surface area contributed by atoms with Crippen LogP contribution in [0.15, 0.2) is 0 Å². The van der Waals surface area contributed by atoms with Crippen LogP contribution in [0.25, 0.3) is 0 Å². The minimum absolute atomic E-state index is 0.0740. The Bertz CT molecular complexity index is 337. The van der Waals surface area contributed by atoms with Gasteiger partial charge in [0.2, 0.25) is 0 Å². The average Bonchev–Trinajstić information content (AvgIpc) is 2.52. The molecule has 0 aromatic heterocycles. The van der Waals surface area contributed by atoms with Crippen molar-refractivity contribution in [2.24, 2.45) is 0 Å². The van der Waals surface area contributed by atoms with Crippen molar-refractivity contribution < 1.29 is 36.9 Å². The first-order valence-electron chi connectivity index (χ1n) is 8.78. The molecule has 5 nitrogen and oxygen atoms in total. The van der Waals surface area contributed by atoms with Gasteiger partial charge >= 0.3 is 12.1 Å². The minimum Gasteiger partial charge on any atom is -0.460 e. The van der Waals surface area contributed by atoms with Crippen LogP contribution in [0.3, 0.4) is 0 Å². The molecule has 0 fully saturated rings. The molecule has 0 bridgehead atoms. The molecule has 25 heavy (non-hydrogen) atoms. The predicted molar refractivity (Wildman–Crippen MR) is 87.2 cm³/mol. The zero-order chi connectivity index (χ0) is 19.1. The lowest BCUT2D eigenvalue weighted by Crippen LogP contribution is -2.42. The molecule has 0 heterocycles. The fraction of sp³-hybridized carbons (Fsp3) is 0.941. The Morgan fingerprint density at radius 2 is 1.68 bits per heavy atom. The Labute approximate surface area is 148 Å². The number of halogens is 3. The van der Waals surface area contributed by atoms with Crippen molar-refractivity contribution >= 4 is 5.97 Å². The number of ether oxygens (including phenoxy) is 4. The summed E-state index contributed by atoms with van der Waals surface area (Å²) in [6.45, 7) is 3.36. The summed E-state index contributed by atoms with van der Waals surface area (Å²) < 4.78 is 57.6. The van der Waals surface area contributed by atoms with Crippen molar-refractivity contribution in [3.05, 3.63) is 0 Å². The minimum atomic E-state index is -4.85. The number of hydrogen-bond acceptors (Lipinski definition) is 5. The molecule has 1 unspecified atom stereocenters. The van der Waals surface area contributed by atoms with Gasteiger partial charge in [0.1, 0.15) is 6.79 Å². The van der Waals surface area contributed by atoms with Crippen molar-refractivity contribution in [1.82, 2.24) is 0 Å². The fourth-order valence-electron chi connectivity index (χ4n) is 2.14. The van der Waals surface area contributed by atoms with Gasteiger partial charge in [0.05, 0.1) is 19.3 Å². The Morgan fingerprint density at radius 3 is 2.28 bits per heavy atom. The summed E-state index contributed by atoms with van der Waals surface area (Å²) in [7, 11) is 1.44. The molecular formula is C17H31F3O5. The smallest absolute Gasteiger partial charge is 0.425 e. The van der Waals surface area contributed by atoms with Crippen LogP contribution in [-0.4, -0.2) is 51.5 Å². The summed E-state index contributed by atoms with van der Waals surface area (Å²) in [4.78, 5) is 11.7. The molecule has 0 aliphatic heterocycles. The van der Waals surface area contributed by atoms with Gasteiger partial charge in [0.15, 0.2) is 0 Å². The van der Waals surface area contributed by atoms with Crippen molar-refractivity contribution in [2.45, 2.75) is 77.2 Å². The number of hydrogen-bond donors (Lipinski definition) is 0. The van der Waals surface area contributed by atoms with Gasteiger partial charge in [-0.3, -0.25) is 0 Å². The van der Waals surface area contributed by atoms with Crippen LogP contribution >= 0.6 is 0 Å². The largest absolute Gasteiger partial charge is 0.460 e. The highest BCUT2D eigenvalue weighted by atomic mass is 19.4. The molecule has 2 atom stereocenters. The van der Waals surface area contributed by atoms with Gasteiger partial charge < -0.3 is 18.9 Å². The van der Waals surface area contributed by atoms with E-state index >= 15 is 0 Å². The van der Waals surface area contributed by atoms with E-state index in [9.17, 15) is 18.0 Å². The van der Waals surface area contributed by atoms with Crippen LogP contribution in [0.1, 0.15) is 58.8 Å². The molecule has 0 radical (unpaired) electrons. The second-order valence-corrected chi connectivity index (χ2v) is 5.91. The van der Waals surface area contributed by atoms with E-state index in [1.54, 1.807) is 6.92 Å². The highest BCUT2D eigenvalue weighted by Crippen LogP contribution is 2.25. The predicted octanol–water partition coefficient (Wildman–Crippen LogP) is 4.24. The van der Waals surface area contributed by atoms with Gasteiger partial charge in [-0.2, -0.15) is 13.2 Å². The van der Waals surface area contributed by atoms with Gasteiger partial charge in [0, 0.05) is 7.11 Å². The van der Waals surface area contributed by atoms with Crippen LogP contribution in [0.2, 0.25) is 0 Å². The second-order valence-electron chi connectivity index (χ2n) is 5.91. The molecule has 8 heteroatoms. The van der Waals surface area contributed by atoms with Crippen molar-refractivity contribution in [1.29, 1.82) is 0 Å². The first kappa shape index (κ1) is 24.1. The topological polar surface area (TPSA) is 54.0 Å². The molecule has 0 aliphatic carbocycles. The molecule has 0 amide bonds. The maximum Gasteiger partial charge on any atom is 0.425 e. The fourth-order valence-corrected chi connectivity index (χ4v) is 2.14. The summed E-state index contributed by atoms with van der Waals surface area (Å²) in [6.07, 6.45) is -1.16. The Morgan fingerprint density at radius 1 is 1.04 bits per heavy atom. The lowest BCUT2D eigenvalue weighted by atomic mass is 10.1. The van der Waals surface area contributed by atoms with Gasteiger partial charge in [0.25, 0.3) is 6.10 Å². The number of carbonyl (C=O) groups is 1. The lowest BCUT2D eigenvalue weighted by Gasteiger charge is -2.21. The quantitative estimate of drug-likeness (QED) is 0.245. The summed E-state index contributed by atoms with van der Waals surface area (Å²) in [5, 5.41) is 0. The van der Waals surface area contributed by atoms with Gasteiger partial charge in [-0.1, -0.05) is 39.0 Å². The van der Waals surface area contributed by atoms with Crippen LogP contribution in [-0.2, 0) is 23.7 Å². The monoisotopic (exact) mass is 372 g/mol. The van der Waals surface area contributed by atoms with E-state index < -0.39 is 31.1 Å². The molecule has 0 N–H and O–H groups in total. The van der Waals surface area contributed by atoms with Crippen molar-refractivity contribution in [3.8, 4) is 0 Å². The summed E-state index contributed by atoms with van der Waals surface area (Å²) in [5.41, 5.74) is 0. The molecule has 150 valence electrons. The third-order valence-electron chi connectivity index (χ3n) is 3.54. The first-order valence-corrected chi connectivity index (χ1v) is 8.78. The van der Waals surface area contributed by atoms with E-state index in [0.29, 0.717) is 6.42 Å². The van der Waals surface area contributed by atoms with Crippen LogP contribution < -0.4 is 0 Å². The first-order chi connectivity index (χ1) is 11.8. The SMILES string of the molecule is CCCCCCCCC(C)OC(=O)[C@H](OCOCCOC)C(F)(F)F. The second kappa shape index (κ2) is 14.3. The molecule has 0 saturated heterocycles. The average molecular weight is 372 g/mol. The van der Waals surface area contributed by atoms with E-state index in [4.69, 9.17) is 14.2 Å². The summed E-state index contributed by atoms with van der Waals surface area (Å²) >= 11 is 0. The molecule has 0 aliphatic rings. The number of unbranched alkanes of at least 4 members (excludes halogenated alkanes) is 5. The van der Waals surface area contributed by atoms with E-state index in [1.165, 1.54) is 13.5 Å². The maximum absolute atomic E-state index is 12.9. The maximum atomic E-state index is 12.9. The third kappa shape index (κ3) is 13.1. The molecule has 0 aromatic rings. The Hall–Kier alpha value is -0.860. The number of methoxy groups -OCH3 is 1. The molecule has 0 saturated carbocycles. The van der Waals surface area contributed by atoms with E-state index in [2.05, 4.69) is 11.7 Å². The number of carbonyl (C=O) groups excluding carboxylic acids is 1. The number of alkyl halides is 3. The summed E-state index contributed by atoms with van der Waals surface area (Å²) in [6, 6.07) is 0. The zero-order valence-corrected chi connectivity index (χ0v) is 15.4. The molecule has 0 spiro atoms. The van der Waals surface area contributed by atoms with Crippen LogP contribution in [0.5, 0.6) is 0 Å². The van der Waals surface area contributed by atoms with E-state index in [0.717, 1.165) is 32.1 Å². The lowest BCUT2D eigenvalue weighted by molar-refractivity contribution is -0.249. The summed E-state index contributed by atoms with van der Waals surface area (Å²) in [5.74, 6) is -1.43. The normalized spacial score (nSPS) is 14.3. The third-order valence-corrected chi connectivity index (χ3v) is 3.54. The van der Waals surface area contributed by atoms with Crippen LogP contribution in [0.4, 0.5) is 13.2 Å². The number of esters is 1. The number of rotatable bonds is 15. The standard InChI is InChI=1S/C17H31F3O5/c1-4-5-6-7-8-9-10-14(2)25-16(21)15(17(18,19)20)24-13-23-12-11-22-3/h14-15H,4-13H2,1-3H3/t14?,15-/m0/s1. The van der Waals surface area contributed by atoms with Crippen LogP contribution in [0, 0.1) is 0 Å². The Kier molecular flexibility index (Phi) is 13.8. The van der Waals surface area contributed by atoms with E-state index in [-0.39, 0.29) is 13.2 Å². The van der Waals surface area contributed by atoms with Crippen molar-refractivity contribution in [3.63, 3.8) is 0 Å². The zero-order valence-electron chi connectivity index (χ0n) is 15.4. The molecule has 0 rings (SSSR count). The van der Waals surface area contributed by atoms with Gasteiger partial charge in [-0.15, -0.1) is 0 Å².